The Morgan fingerprint density at radius 2 is 2.07 bits per heavy atom. The third-order valence-electron chi connectivity index (χ3n) is 3.77. The first-order chi connectivity index (χ1) is 7.22. The van der Waals surface area contributed by atoms with Gasteiger partial charge in [-0.05, 0) is 49.4 Å². The van der Waals surface area contributed by atoms with Gasteiger partial charge >= 0.3 is 0 Å². The summed E-state index contributed by atoms with van der Waals surface area (Å²) in [5.41, 5.74) is 4.28. The lowest BCUT2D eigenvalue weighted by atomic mass is 9.91. The van der Waals surface area contributed by atoms with Gasteiger partial charge in [-0.1, -0.05) is 31.5 Å². The Balaban J connectivity index is 2.25. The molecule has 0 bridgehead atoms. The van der Waals surface area contributed by atoms with Gasteiger partial charge in [0.15, 0.2) is 0 Å². The van der Waals surface area contributed by atoms with Crippen molar-refractivity contribution in [1.29, 1.82) is 0 Å². The van der Waals surface area contributed by atoms with Crippen molar-refractivity contribution in [2.24, 2.45) is 5.92 Å². The normalized spacial score (nSPS) is 25.8. The maximum absolute atomic E-state index is 3.62. The molecule has 1 aliphatic heterocycles. The molecule has 1 fully saturated rings. The summed E-state index contributed by atoms with van der Waals surface area (Å²) in [4.78, 5) is 0. The van der Waals surface area contributed by atoms with Crippen LogP contribution in [0.3, 0.4) is 0 Å². The van der Waals surface area contributed by atoms with Crippen LogP contribution in [0.1, 0.15) is 42.5 Å². The van der Waals surface area contributed by atoms with Crippen molar-refractivity contribution >= 4 is 0 Å². The van der Waals surface area contributed by atoms with E-state index in [1.54, 1.807) is 0 Å². The molecule has 1 aliphatic rings. The molecule has 15 heavy (non-hydrogen) atoms. The lowest BCUT2D eigenvalue weighted by Crippen LogP contribution is -2.17. The Morgan fingerprint density at radius 1 is 1.27 bits per heavy atom. The van der Waals surface area contributed by atoms with Crippen LogP contribution in [0.25, 0.3) is 0 Å². The molecule has 1 aromatic carbocycles. The summed E-state index contributed by atoms with van der Waals surface area (Å²) in [7, 11) is 0. The zero-order valence-corrected chi connectivity index (χ0v) is 10.0. The second kappa shape index (κ2) is 4.36. The maximum Gasteiger partial charge on any atom is 0.0349 e. The van der Waals surface area contributed by atoms with Crippen molar-refractivity contribution in [2.75, 3.05) is 6.54 Å². The van der Waals surface area contributed by atoms with E-state index < -0.39 is 0 Å². The fraction of sp³-hybridized carbons (Fsp3) is 0.571. The molecule has 82 valence electrons. The molecule has 2 atom stereocenters. The minimum atomic E-state index is 0.592. The van der Waals surface area contributed by atoms with Gasteiger partial charge in [0, 0.05) is 6.04 Å². The van der Waals surface area contributed by atoms with E-state index in [2.05, 4.69) is 44.3 Å². The Bertz CT molecular complexity index is 343. The lowest BCUT2D eigenvalue weighted by molar-refractivity contribution is 0.449. The van der Waals surface area contributed by atoms with Crippen molar-refractivity contribution in [2.45, 2.75) is 39.7 Å². The molecule has 0 aliphatic carbocycles. The zero-order chi connectivity index (χ0) is 10.8. The third-order valence-corrected chi connectivity index (χ3v) is 3.77. The van der Waals surface area contributed by atoms with Gasteiger partial charge in [-0.3, -0.25) is 0 Å². The van der Waals surface area contributed by atoms with E-state index in [0.717, 1.165) is 5.92 Å². The van der Waals surface area contributed by atoms with Crippen molar-refractivity contribution in [1.82, 2.24) is 5.32 Å². The van der Waals surface area contributed by atoms with Crippen molar-refractivity contribution in [3.63, 3.8) is 0 Å². The molecule has 0 aromatic heterocycles. The number of rotatable bonds is 2. The second-order valence-electron chi connectivity index (χ2n) is 4.73. The second-order valence-corrected chi connectivity index (χ2v) is 4.73. The molecular weight excluding hydrogens is 182 g/mol. The van der Waals surface area contributed by atoms with Crippen LogP contribution in [0.2, 0.25) is 0 Å². The van der Waals surface area contributed by atoms with Gasteiger partial charge in [0.25, 0.3) is 0 Å². The largest absolute Gasteiger partial charge is 0.310 e. The highest BCUT2D eigenvalue weighted by atomic mass is 14.9. The highest BCUT2D eigenvalue weighted by Crippen LogP contribution is 2.32. The molecular formula is C14H21N. The van der Waals surface area contributed by atoms with E-state index in [9.17, 15) is 0 Å². The van der Waals surface area contributed by atoms with E-state index >= 15 is 0 Å². The summed E-state index contributed by atoms with van der Waals surface area (Å²) in [6.45, 7) is 7.86. The van der Waals surface area contributed by atoms with E-state index in [-0.39, 0.29) is 0 Å². The Morgan fingerprint density at radius 3 is 2.73 bits per heavy atom. The maximum atomic E-state index is 3.62. The topological polar surface area (TPSA) is 12.0 Å². The Labute approximate surface area is 92.9 Å². The number of benzene rings is 1. The molecule has 0 spiro atoms. The van der Waals surface area contributed by atoms with E-state index in [4.69, 9.17) is 0 Å². The molecule has 2 rings (SSSR count). The van der Waals surface area contributed by atoms with E-state index in [1.807, 2.05) is 0 Å². The van der Waals surface area contributed by atoms with Gasteiger partial charge in [-0.2, -0.15) is 0 Å². The molecule has 1 aromatic rings. The average molecular weight is 203 g/mol. The van der Waals surface area contributed by atoms with Crippen LogP contribution < -0.4 is 5.32 Å². The quantitative estimate of drug-likeness (QED) is 0.777. The minimum Gasteiger partial charge on any atom is -0.310 e. The van der Waals surface area contributed by atoms with Gasteiger partial charge in [0.2, 0.25) is 0 Å². The van der Waals surface area contributed by atoms with Crippen molar-refractivity contribution in [3.8, 4) is 0 Å². The zero-order valence-electron chi connectivity index (χ0n) is 10.0. The van der Waals surface area contributed by atoms with Gasteiger partial charge in [-0.15, -0.1) is 0 Å². The number of hydrogen-bond donors (Lipinski definition) is 1. The number of nitrogens with one attached hydrogen (secondary N) is 1. The summed E-state index contributed by atoms with van der Waals surface area (Å²) >= 11 is 0. The first-order valence-corrected chi connectivity index (χ1v) is 6.03. The van der Waals surface area contributed by atoms with Crippen molar-refractivity contribution < 1.29 is 0 Å². The summed E-state index contributed by atoms with van der Waals surface area (Å²) in [6, 6.07) is 7.47. The fourth-order valence-corrected chi connectivity index (χ4v) is 2.55. The summed E-state index contributed by atoms with van der Waals surface area (Å²) in [6.07, 6.45) is 2.61. The molecule has 1 N–H and O–H groups in total. The van der Waals surface area contributed by atoms with Crippen LogP contribution in [-0.4, -0.2) is 6.54 Å². The Kier molecular flexibility index (Phi) is 3.11. The number of hydrogen-bond acceptors (Lipinski definition) is 1. The first-order valence-electron chi connectivity index (χ1n) is 6.03. The Hall–Kier alpha value is -0.820. The summed E-state index contributed by atoms with van der Waals surface area (Å²) < 4.78 is 0. The first kappa shape index (κ1) is 10.7. The van der Waals surface area contributed by atoms with Crippen molar-refractivity contribution in [3.05, 3.63) is 34.9 Å². The molecule has 1 saturated heterocycles. The average Bonchev–Trinajstić information content (AvgIpc) is 2.70. The van der Waals surface area contributed by atoms with E-state index in [1.165, 1.54) is 36.1 Å². The standard InChI is InChI=1S/C14H21N/c1-4-12-7-8-15-14(12)13-6-5-10(2)11(3)9-13/h5-6,9,12,14-15H,4,7-8H2,1-3H3. The van der Waals surface area contributed by atoms with Crippen LogP contribution >= 0.6 is 0 Å². The summed E-state index contributed by atoms with van der Waals surface area (Å²) in [5, 5.41) is 3.62. The van der Waals surface area contributed by atoms with E-state index in [0.29, 0.717) is 6.04 Å². The third kappa shape index (κ3) is 2.07. The van der Waals surface area contributed by atoms with Crippen LogP contribution in [0, 0.1) is 19.8 Å². The highest BCUT2D eigenvalue weighted by Gasteiger charge is 2.26. The monoisotopic (exact) mass is 203 g/mol. The van der Waals surface area contributed by atoms with Gasteiger partial charge in [0.05, 0.1) is 0 Å². The van der Waals surface area contributed by atoms with Crippen LogP contribution in [0.4, 0.5) is 0 Å². The molecule has 0 radical (unpaired) electrons. The van der Waals surface area contributed by atoms with Crippen LogP contribution in [-0.2, 0) is 0 Å². The summed E-state index contributed by atoms with van der Waals surface area (Å²) in [5.74, 6) is 0.826. The lowest BCUT2D eigenvalue weighted by Gasteiger charge is -2.19. The minimum absolute atomic E-state index is 0.592. The smallest absolute Gasteiger partial charge is 0.0349 e. The van der Waals surface area contributed by atoms with Gasteiger partial charge < -0.3 is 5.32 Å². The van der Waals surface area contributed by atoms with Gasteiger partial charge in [0.1, 0.15) is 0 Å². The predicted molar refractivity (Wildman–Crippen MR) is 65.1 cm³/mol. The van der Waals surface area contributed by atoms with Crippen LogP contribution in [0.5, 0.6) is 0 Å². The molecule has 2 unspecified atom stereocenters. The predicted octanol–water partition coefficient (Wildman–Crippen LogP) is 3.36. The van der Waals surface area contributed by atoms with Gasteiger partial charge in [-0.25, -0.2) is 0 Å². The molecule has 0 saturated carbocycles. The highest BCUT2D eigenvalue weighted by molar-refractivity contribution is 5.32. The molecule has 1 heteroatoms. The van der Waals surface area contributed by atoms with Crippen LogP contribution in [0.15, 0.2) is 18.2 Å². The SMILES string of the molecule is CCC1CCNC1c1ccc(C)c(C)c1. The molecule has 1 nitrogen and oxygen atoms in total. The molecule has 0 amide bonds. The molecule has 1 heterocycles. The fourth-order valence-electron chi connectivity index (χ4n) is 2.55. The number of aryl methyl sites for hydroxylation is 2.